The van der Waals surface area contributed by atoms with Crippen molar-refractivity contribution < 1.29 is 4.79 Å². The lowest BCUT2D eigenvalue weighted by atomic mass is 9.95. The molecule has 1 heterocycles. The fourth-order valence-electron chi connectivity index (χ4n) is 1.27. The van der Waals surface area contributed by atoms with E-state index in [0.717, 1.165) is 18.3 Å². The number of carbonyl (C=O) groups is 1. The minimum absolute atomic E-state index is 0.344. The summed E-state index contributed by atoms with van der Waals surface area (Å²) in [6.07, 6.45) is 6.14. The summed E-state index contributed by atoms with van der Waals surface area (Å²) < 4.78 is 0. The lowest BCUT2D eigenvalue weighted by molar-refractivity contribution is -0.108. The zero-order valence-electron chi connectivity index (χ0n) is 7.23. The highest BCUT2D eigenvalue weighted by Gasteiger charge is 2.07. The molecule has 2 nitrogen and oxygen atoms in total. The molecule has 0 saturated heterocycles. The quantitative estimate of drug-likeness (QED) is 0.637. The molecule has 2 heteroatoms. The summed E-state index contributed by atoms with van der Waals surface area (Å²) in [7, 11) is 0. The van der Waals surface area contributed by atoms with Crippen LogP contribution in [-0.4, -0.2) is 11.3 Å². The van der Waals surface area contributed by atoms with Gasteiger partial charge in [0, 0.05) is 18.8 Å². The van der Waals surface area contributed by atoms with Crippen molar-refractivity contribution in [1.82, 2.24) is 4.98 Å². The fraction of sp³-hybridized carbons (Fsp3) is 0.400. The van der Waals surface area contributed by atoms with Gasteiger partial charge in [-0.25, -0.2) is 0 Å². The molecule has 1 aromatic heterocycles. The van der Waals surface area contributed by atoms with E-state index in [9.17, 15) is 4.79 Å². The minimum Gasteiger partial charge on any atom is -0.303 e. The maximum absolute atomic E-state index is 10.3. The Morgan fingerprint density at radius 3 is 3.00 bits per heavy atom. The van der Waals surface area contributed by atoms with Crippen molar-refractivity contribution in [2.24, 2.45) is 0 Å². The second kappa shape index (κ2) is 4.65. The van der Waals surface area contributed by atoms with Gasteiger partial charge in [0.1, 0.15) is 6.29 Å². The molecule has 64 valence electrons. The van der Waals surface area contributed by atoms with Crippen molar-refractivity contribution in [3.05, 3.63) is 30.1 Å². The van der Waals surface area contributed by atoms with E-state index in [1.807, 2.05) is 18.3 Å². The van der Waals surface area contributed by atoms with Gasteiger partial charge in [0.2, 0.25) is 0 Å². The highest BCUT2D eigenvalue weighted by atomic mass is 16.1. The van der Waals surface area contributed by atoms with Gasteiger partial charge in [0.25, 0.3) is 0 Å². The van der Waals surface area contributed by atoms with Gasteiger partial charge in [-0.15, -0.1) is 0 Å². The lowest BCUT2D eigenvalue weighted by Gasteiger charge is -2.10. The van der Waals surface area contributed by atoms with E-state index in [4.69, 9.17) is 0 Å². The number of nitrogens with zero attached hydrogens (tertiary/aromatic N) is 1. The monoisotopic (exact) mass is 163 g/mol. The van der Waals surface area contributed by atoms with Crippen molar-refractivity contribution >= 4 is 6.29 Å². The number of rotatable bonds is 4. The molecule has 1 atom stereocenters. The van der Waals surface area contributed by atoms with Crippen LogP contribution < -0.4 is 0 Å². The van der Waals surface area contributed by atoms with Crippen LogP contribution in [0.25, 0.3) is 0 Å². The summed E-state index contributed by atoms with van der Waals surface area (Å²) >= 11 is 0. The number of aldehydes is 1. The summed E-state index contributed by atoms with van der Waals surface area (Å²) in [5.74, 6) is 0.344. The van der Waals surface area contributed by atoms with Crippen LogP contribution in [0.4, 0.5) is 0 Å². The van der Waals surface area contributed by atoms with Crippen LogP contribution in [-0.2, 0) is 4.79 Å². The number of hydrogen-bond acceptors (Lipinski definition) is 2. The van der Waals surface area contributed by atoms with Crippen LogP contribution in [0, 0.1) is 0 Å². The third kappa shape index (κ3) is 2.16. The normalized spacial score (nSPS) is 12.4. The zero-order valence-corrected chi connectivity index (χ0v) is 7.23. The SMILES string of the molecule is CCC(CC=O)c1cccnc1. The molecule has 0 aliphatic heterocycles. The van der Waals surface area contributed by atoms with Crippen LogP contribution in [0.2, 0.25) is 0 Å². The first-order valence-electron chi connectivity index (χ1n) is 4.22. The topological polar surface area (TPSA) is 30.0 Å². The Morgan fingerprint density at radius 2 is 2.50 bits per heavy atom. The molecular weight excluding hydrogens is 150 g/mol. The van der Waals surface area contributed by atoms with Gasteiger partial charge in [-0.05, 0) is 24.0 Å². The van der Waals surface area contributed by atoms with Crippen molar-refractivity contribution in [2.45, 2.75) is 25.7 Å². The van der Waals surface area contributed by atoms with Crippen LogP contribution >= 0.6 is 0 Å². The predicted molar refractivity (Wildman–Crippen MR) is 48.0 cm³/mol. The summed E-state index contributed by atoms with van der Waals surface area (Å²) in [6.45, 7) is 2.08. The first kappa shape index (κ1) is 8.91. The largest absolute Gasteiger partial charge is 0.303 e. The Kier molecular flexibility index (Phi) is 3.45. The van der Waals surface area contributed by atoms with E-state index in [2.05, 4.69) is 11.9 Å². The third-order valence-corrected chi connectivity index (χ3v) is 2.03. The highest BCUT2D eigenvalue weighted by molar-refractivity contribution is 5.51. The van der Waals surface area contributed by atoms with Gasteiger partial charge < -0.3 is 4.79 Å². The molecule has 1 unspecified atom stereocenters. The average molecular weight is 163 g/mol. The fourth-order valence-corrected chi connectivity index (χ4v) is 1.27. The van der Waals surface area contributed by atoms with E-state index < -0.39 is 0 Å². The summed E-state index contributed by atoms with van der Waals surface area (Å²) in [4.78, 5) is 14.3. The molecule has 0 N–H and O–H groups in total. The predicted octanol–water partition coefficient (Wildman–Crippen LogP) is 2.16. The maximum Gasteiger partial charge on any atom is 0.120 e. The molecule has 0 amide bonds. The van der Waals surface area contributed by atoms with Crippen LogP contribution in [0.15, 0.2) is 24.5 Å². The summed E-state index contributed by atoms with van der Waals surface area (Å²) in [5, 5.41) is 0. The van der Waals surface area contributed by atoms with Crippen molar-refractivity contribution in [3.8, 4) is 0 Å². The molecular formula is C10H13NO. The van der Waals surface area contributed by atoms with Crippen molar-refractivity contribution in [1.29, 1.82) is 0 Å². The Labute approximate surface area is 72.6 Å². The summed E-state index contributed by atoms with van der Waals surface area (Å²) in [6, 6.07) is 3.92. The standard InChI is InChI=1S/C10H13NO/c1-2-9(5-7-12)10-4-3-6-11-8-10/h3-4,6-9H,2,5H2,1H3. The second-order valence-electron chi connectivity index (χ2n) is 2.79. The van der Waals surface area contributed by atoms with E-state index in [1.54, 1.807) is 6.20 Å². The number of carbonyl (C=O) groups excluding carboxylic acids is 1. The average Bonchev–Trinajstić information content (AvgIpc) is 2.15. The molecule has 12 heavy (non-hydrogen) atoms. The zero-order chi connectivity index (χ0) is 8.81. The molecule has 0 aliphatic carbocycles. The molecule has 0 fully saturated rings. The third-order valence-electron chi connectivity index (χ3n) is 2.03. The molecule has 1 aromatic rings. The van der Waals surface area contributed by atoms with Crippen molar-refractivity contribution in [3.63, 3.8) is 0 Å². The van der Waals surface area contributed by atoms with Crippen LogP contribution in [0.3, 0.4) is 0 Å². The van der Waals surface area contributed by atoms with E-state index in [-0.39, 0.29) is 0 Å². The van der Waals surface area contributed by atoms with Crippen LogP contribution in [0.1, 0.15) is 31.2 Å². The van der Waals surface area contributed by atoms with Gasteiger partial charge in [-0.3, -0.25) is 4.98 Å². The minimum atomic E-state index is 0.344. The Bertz CT molecular complexity index is 233. The Hall–Kier alpha value is -1.18. The first-order valence-corrected chi connectivity index (χ1v) is 4.22. The highest BCUT2D eigenvalue weighted by Crippen LogP contribution is 2.20. The van der Waals surface area contributed by atoms with Gasteiger partial charge in [0.05, 0.1) is 0 Å². The molecule has 0 spiro atoms. The second-order valence-corrected chi connectivity index (χ2v) is 2.79. The van der Waals surface area contributed by atoms with Gasteiger partial charge in [-0.2, -0.15) is 0 Å². The molecule has 0 bridgehead atoms. The van der Waals surface area contributed by atoms with E-state index >= 15 is 0 Å². The maximum atomic E-state index is 10.3. The van der Waals surface area contributed by atoms with E-state index in [0.29, 0.717) is 12.3 Å². The van der Waals surface area contributed by atoms with E-state index in [1.165, 1.54) is 0 Å². The number of pyridine rings is 1. The van der Waals surface area contributed by atoms with Gasteiger partial charge >= 0.3 is 0 Å². The van der Waals surface area contributed by atoms with Gasteiger partial charge in [0.15, 0.2) is 0 Å². The molecule has 0 aromatic carbocycles. The Morgan fingerprint density at radius 1 is 1.67 bits per heavy atom. The number of aromatic nitrogens is 1. The molecule has 0 saturated carbocycles. The number of hydrogen-bond donors (Lipinski definition) is 0. The van der Waals surface area contributed by atoms with Crippen molar-refractivity contribution in [2.75, 3.05) is 0 Å². The van der Waals surface area contributed by atoms with Crippen LogP contribution in [0.5, 0.6) is 0 Å². The Balaban J connectivity index is 2.72. The lowest BCUT2D eigenvalue weighted by Crippen LogP contribution is -1.98. The smallest absolute Gasteiger partial charge is 0.120 e. The van der Waals surface area contributed by atoms with Gasteiger partial charge in [-0.1, -0.05) is 13.0 Å². The first-order chi connectivity index (χ1) is 5.88. The molecule has 1 rings (SSSR count). The molecule has 0 aliphatic rings. The summed E-state index contributed by atoms with van der Waals surface area (Å²) in [5.41, 5.74) is 1.16. The molecule has 0 radical (unpaired) electrons.